The number of rotatable bonds is 3. The predicted molar refractivity (Wildman–Crippen MR) is 443 cm³/mol. The van der Waals surface area contributed by atoms with Crippen LogP contribution in [0.15, 0.2) is 159 Å². The molecule has 2 aromatic heterocycles. The first-order valence-electron chi connectivity index (χ1n) is 34.6. The van der Waals surface area contributed by atoms with E-state index in [4.69, 9.17) is 0 Å². The Bertz CT molecular complexity index is 4220. The Morgan fingerprint density at radius 1 is 0.376 bits per heavy atom. The van der Waals surface area contributed by atoms with Crippen molar-refractivity contribution in [1.82, 2.24) is 14.5 Å². The zero-order valence-corrected chi connectivity index (χ0v) is 68.7. The number of anilines is 1. The second-order valence-corrected chi connectivity index (χ2v) is 26.5. The Labute approximate surface area is 614 Å². The van der Waals surface area contributed by atoms with E-state index >= 15 is 0 Å². The van der Waals surface area contributed by atoms with Gasteiger partial charge in [0.05, 0.1) is 16.7 Å². The van der Waals surface area contributed by atoms with Crippen LogP contribution in [-0.4, -0.2) is 37.3 Å². The average molecular weight is 1660 g/mol. The molecule has 0 amide bonds. The molecule has 0 saturated heterocycles. The lowest BCUT2D eigenvalue weighted by Crippen LogP contribution is -2.15. The Hall–Kier alpha value is -4.76. The summed E-state index contributed by atoms with van der Waals surface area (Å²) in [4.78, 5) is 2.26. The molecule has 496 valence electrons. The summed E-state index contributed by atoms with van der Waals surface area (Å²) in [6.45, 7) is 34.7. The molecule has 15 rings (SSSR count). The van der Waals surface area contributed by atoms with Gasteiger partial charge in [0.25, 0.3) is 0 Å². The van der Waals surface area contributed by atoms with E-state index in [1.165, 1.54) is 154 Å². The highest BCUT2D eigenvalue weighted by atomic mass is 127. The van der Waals surface area contributed by atoms with Crippen molar-refractivity contribution in [2.75, 3.05) is 33.1 Å². The molecule has 9 aromatic carbocycles. The van der Waals surface area contributed by atoms with E-state index in [1.54, 1.807) is 11.1 Å². The number of hydrogen-bond donors (Lipinski definition) is 1. The number of nitrogens with one attached hydrogen (secondary N) is 1. The maximum atomic E-state index is 4.01. The standard InChI is InChI=1S/C24H23BrN2.C22H17BrIN.C21H14BrI.C3H8.C2H7N.6C2H6/c1-4-27-20-12-8-7-11-17(20)21-23(27)19-14-16-10-6-5-9-15(16)13-18(19)22(25)24(21)26(2)3;1-2-25-18-10-6-5-9-15(18)19-21(24)20(23)16-11-13-7-3-4-8-14(13)12-17(16)22(19)25;22-20-18-10-13-6-2-1-5-12(13)9-16(18)17-11-14-7-3-4-8-15(14)19(17)21(20)23;2*1-3-2;6*1-2/h5-12H,4,13-14H2,1-3H3;3-10H,2,11-12H2,1H3;1-8H,9-11H2;3H2,1-2H3;3H,1-2H3;6*1-2H3. The predicted octanol–water partition coefficient (Wildman–Crippen LogP) is 26.3. The zero-order valence-electron chi connectivity index (χ0n) is 59.7. The van der Waals surface area contributed by atoms with E-state index in [9.17, 15) is 0 Å². The van der Waals surface area contributed by atoms with Gasteiger partial charge in [-0.05, 0) is 249 Å². The van der Waals surface area contributed by atoms with E-state index in [2.05, 4.69) is 300 Å². The first-order valence-corrected chi connectivity index (χ1v) is 39.1. The second kappa shape index (κ2) is 38.8. The number of hydrogen-bond acceptors (Lipinski definition) is 2. The molecule has 9 heteroatoms. The van der Waals surface area contributed by atoms with Gasteiger partial charge in [-0.25, -0.2) is 0 Å². The third-order valence-corrected chi connectivity index (χ3v) is 22.9. The van der Waals surface area contributed by atoms with Crippen molar-refractivity contribution in [1.29, 1.82) is 0 Å². The Morgan fingerprint density at radius 2 is 0.667 bits per heavy atom. The number of aromatic nitrogens is 2. The third kappa shape index (κ3) is 16.3. The number of nitrogens with zero attached hydrogens (tertiary/aromatic N) is 3. The highest BCUT2D eigenvalue weighted by Crippen LogP contribution is 2.50. The van der Waals surface area contributed by atoms with E-state index in [1.807, 2.05) is 97.2 Å². The smallest absolute Gasteiger partial charge is 0.0610 e. The van der Waals surface area contributed by atoms with E-state index in [0.717, 1.165) is 58.0 Å². The Morgan fingerprint density at radius 3 is 1.06 bits per heavy atom. The molecule has 0 unspecified atom stereocenters. The SMILES string of the molecule is Brc1c(I)c2c(c3c1Cc1ccccc1C3)Cc1ccccc1-2.CC.CC.CC.CC.CC.CC.CCC.CCn1c2ccccc2c2c(I)c(Br)c3c(c21)Cc1ccccc1C3.CCn1c2ccccc2c2c(N(C)C)c(Br)c3c(c21)Cc1ccccc1C3.CNC. The molecule has 0 bridgehead atoms. The van der Waals surface area contributed by atoms with E-state index in [0.29, 0.717) is 0 Å². The highest BCUT2D eigenvalue weighted by molar-refractivity contribution is 14.1. The van der Waals surface area contributed by atoms with Gasteiger partial charge in [0.15, 0.2) is 0 Å². The van der Waals surface area contributed by atoms with Crippen molar-refractivity contribution in [3.8, 4) is 11.1 Å². The van der Waals surface area contributed by atoms with Crippen molar-refractivity contribution in [3.63, 3.8) is 0 Å². The molecule has 1 N–H and O–H groups in total. The molecule has 0 fully saturated rings. The van der Waals surface area contributed by atoms with Gasteiger partial charge < -0.3 is 19.4 Å². The maximum Gasteiger partial charge on any atom is 0.0610 e. The van der Waals surface area contributed by atoms with Crippen LogP contribution in [-0.2, 0) is 58.0 Å². The van der Waals surface area contributed by atoms with Crippen molar-refractivity contribution in [3.05, 3.63) is 244 Å². The number of halogens is 5. The van der Waals surface area contributed by atoms with Gasteiger partial charge in [0, 0.05) is 98.7 Å². The van der Waals surface area contributed by atoms with Crippen LogP contribution in [0.25, 0.3) is 54.7 Å². The maximum absolute atomic E-state index is 4.01. The van der Waals surface area contributed by atoms with Crippen LogP contribution in [0.1, 0.15) is 195 Å². The van der Waals surface area contributed by atoms with Gasteiger partial charge in [0.1, 0.15) is 0 Å². The molecule has 0 atom stereocenters. The number of fused-ring (bicyclic) bond motifs is 18. The van der Waals surface area contributed by atoms with Crippen LogP contribution in [0.5, 0.6) is 0 Å². The zero-order chi connectivity index (χ0) is 68.8. The molecule has 0 spiro atoms. The molecule has 0 radical (unpaired) electrons. The molecule has 4 aliphatic carbocycles. The summed E-state index contributed by atoms with van der Waals surface area (Å²) in [5, 5.41) is 8.25. The van der Waals surface area contributed by atoms with Gasteiger partial charge in [-0.1, -0.05) is 237 Å². The first kappa shape index (κ1) is 78.9. The van der Waals surface area contributed by atoms with Crippen LogP contribution in [0.4, 0.5) is 5.69 Å². The number of aryl methyl sites for hydroxylation is 2. The summed E-state index contributed by atoms with van der Waals surface area (Å²) in [6, 6.07) is 53.2. The minimum absolute atomic E-state index is 0.979. The fourth-order valence-electron chi connectivity index (χ4n) is 13.2. The summed E-state index contributed by atoms with van der Waals surface area (Å²) in [6.07, 6.45) is 8.48. The van der Waals surface area contributed by atoms with Crippen molar-refractivity contribution < 1.29 is 0 Å². The van der Waals surface area contributed by atoms with Gasteiger partial charge in [-0.2, -0.15) is 0 Å². The summed E-state index contributed by atoms with van der Waals surface area (Å²) in [5.74, 6) is 0. The van der Waals surface area contributed by atoms with Crippen LogP contribution >= 0.6 is 93.0 Å². The molecule has 2 heterocycles. The highest BCUT2D eigenvalue weighted by Gasteiger charge is 2.32. The van der Waals surface area contributed by atoms with Crippen molar-refractivity contribution in [2.45, 2.75) is 175 Å². The fourth-order valence-corrected chi connectivity index (χ4v) is 17.1. The summed E-state index contributed by atoms with van der Waals surface area (Å²) >= 11 is 16.9. The summed E-state index contributed by atoms with van der Waals surface area (Å²) in [7, 11) is 8.06. The Balaban J connectivity index is 0.000000225. The first-order chi connectivity index (χ1) is 45.4. The molecule has 93 heavy (non-hydrogen) atoms. The van der Waals surface area contributed by atoms with Gasteiger partial charge in [0.2, 0.25) is 0 Å². The van der Waals surface area contributed by atoms with E-state index in [-0.39, 0.29) is 0 Å². The average Bonchev–Trinajstić information content (AvgIpc) is 1.62. The monoisotopic (exact) mass is 1660 g/mol. The molecule has 11 aromatic rings. The van der Waals surface area contributed by atoms with Crippen LogP contribution in [0.2, 0.25) is 0 Å². The number of para-hydroxylation sites is 2. The lowest BCUT2D eigenvalue weighted by Gasteiger charge is -2.27. The molecule has 4 nitrogen and oxygen atoms in total. The van der Waals surface area contributed by atoms with Gasteiger partial charge >= 0.3 is 0 Å². The molecular weight excluding hydrogens is 1560 g/mol. The quantitative estimate of drug-likeness (QED) is 0.178. The summed E-state index contributed by atoms with van der Waals surface area (Å²) < 4.78 is 11.6. The lowest BCUT2D eigenvalue weighted by molar-refractivity contribution is 0.819. The van der Waals surface area contributed by atoms with Gasteiger partial charge in [-0.15, -0.1) is 0 Å². The lowest BCUT2D eigenvalue weighted by atomic mass is 9.82. The van der Waals surface area contributed by atoms with Crippen molar-refractivity contribution in [2.24, 2.45) is 0 Å². The third-order valence-electron chi connectivity index (χ3n) is 16.6. The second-order valence-electron chi connectivity index (χ2n) is 21.9. The minimum atomic E-state index is 0.979. The van der Waals surface area contributed by atoms with Crippen molar-refractivity contribution >= 4 is 142 Å². The molecule has 4 aliphatic rings. The topological polar surface area (TPSA) is 25.1 Å². The van der Waals surface area contributed by atoms with Crippen LogP contribution in [0, 0.1) is 7.14 Å². The normalized spacial score (nSPS) is 11.6. The van der Waals surface area contributed by atoms with Crippen LogP contribution < -0.4 is 10.2 Å². The minimum Gasteiger partial charge on any atom is -0.376 e. The van der Waals surface area contributed by atoms with Gasteiger partial charge in [-0.3, -0.25) is 0 Å². The van der Waals surface area contributed by atoms with E-state index < -0.39 is 0 Å². The molecule has 0 saturated carbocycles. The summed E-state index contributed by atoms with van der Waals surface area (Å²) in [5.41, 5.74) is 30.5. The number of benzene rings is 9. The fraction of sp³-hybridized carbons (Fsp3) is 0.357. The van der Waals surface area contributed by atoms with Crippen LogP contribution in [0.3, 0.4) is 0 Å². The Kier molecular flexibility index (Phi) is 33.0. The molecule has 0 aliphatic heterocycles. The largest absolute Gasteiger partial charge is 0.376 e. The molecular formula is C84H105Br3I2N4.